The first kappa shape index (κ1) is 20.0. The smallest absolute Gasteiger partial charge is 0.371 e. The Morgan fingerprint density at radius 1 is 0.591 bits per heavy atom. The van der Waals surface area contributed by atoms with Gasteiger partial charge in [0.1, 0.15) is 0 Å². The fraction of sp³-hybridized carbons (Fsp3) is 0.857. The van der Waals surface area contributed by atoms with Crippen LogP contribution < -0.4 is 0 Å². The summed E-state index contributed by atoms with van der Waals surface area (Å²) in [6.45, 7) is 13.7. The monoisotopic (exact) mass is 353 g/mol. The first-order valence-electron chi connectivity index (χ1n) is 8.53. The van der Waals surface area contributed by atoms with Crippen molar-refractivity contribution >= 4 is 17.6 Å². The van der Waals surface area contributed by atoms with E-state index >= 15 is 0 Å². The van der Waals surface area contributed by atoms with Crippen molar-refractivity contribution in [1.82, 2.24) is 0 Å². The molecule has 0 rings (SSSR count). The number of hydrogen-bond acceptors (Lipinski definition) is 6. The van der Waals surface area contributed by atoms with Crippen molar-refractivity contribution in [1.29, 1.82) is 0 Å². The Hall–Kier alpha value is -0.0662. The molecule has 0 aliphatic rings. The summed E-state index contributed by atoms with van der Waals surface area (Å²) in [6, 6.07) is 0. The van der Waals surface area contributed by atoms with Crippen LogP contribution in [0.25, 0.3) is 0 Å². The van der Waals surface area contributed by atoms with Gasteiger partial charge in [-0.25, -0.2) is 0 Å². The van der Waals surface area contributed by atoms with Crippen molar-refractivity contribution < 1.29 is 27.9 Å². The molecule has 0 aromatic carbocycles. The van der Waals surface area contributed by atoms with Crippen LogP contribution in [0.5, 0.6) is 0 Å². The van der Waals surface area contributed by atoms with E-state index in [9.17, 15) is 0 Å². The van der Waals surface area contributed by atoms with Gasteiger partial charge in [-0.05, 0) is 52.9 Å². The second-order valence-electron chi connectivity index (χ2n) is 4.05. The Labute approximate surface area is 138 Å². The first-order chi connectivity index (χ1) is 11.0. The Balaban J connectivity index is 5.75. The minimum absolute atomic E-state index is 0.130. The highest BCUT2D eigenvalue weighted by Gasteiger charge is 2.43. The summed E-state index contributed by atoms with van der Waals surface area (Å²) < 4.78 is 43.1. The molecule has 0 fully saturated rings. The van der Waals surface area contributed by atoms with E-state index in [2.05, 4.69) is 0 Å². The molecule has 0 unspecified atom stereocenters. The molecule has 22 heavy (non-hydrogen) atoms. The molecule has 6 nitrogen and oxygen atoms in total. The lowest BCUT2D eigenvalue weighted by molar-refractivity contribution is 0.0787. The molecule has 0 radical (unpaired) electrons. The predicted octanol–water partition coefficient (Wildman–Crippen LogP) is 2.72. The largest absolute Gasteiger partial charge is 0.529 e. The Bertz CT molecular complexity index is 309. The van der Waals surface area contributed by atoms with Gasteiger partial charge in [0.2, 0.25) is 0 Å². The standard InChI is InChI=1S/C14H32O6Si2/c1-7-15-21(16-8-2,17-9-3)13-14-22(18-10-4,19-11-5)20-12-6/h13-14H,7-12H2,1-6H3/i13D. The number of rotatable bonds is 14. The Morgan fingerprint density at radius 2 is 0.864 bits per heavy atom. The molecule has 132 valence electrons. The second kappa shape index (κ2) is 12.4. The summed E-state index contributed by atoms with van der Waals surface area (Å²) in [5, 5.41) is 0. The van der Waals surface area contributed by atoms with E-state index in [0.29, 0.717) is 39.6 Å². The maximum Gasteiger partial charge on any atom is 0.529 e. The molecule has 0 saturated heterocycles. The normalized spacial score (nSPS) is 14.3. The zero-order chi connectivity index (χ0) is 17.8. The van der Waals surface area contributed by atoms with Gasteiger partial charge in [0.25, 0.3) is 0 Å². The van der Waals surface area contributed by atoms with E-state index in [1.54, 1.807) is 5.70 Å². The molecule has 0 spiro atoms. The molecule has 0 N–H and O–H groups in total. The van der Waals surface area contributed by atoms with E-state index < -0.39 is 17.6 Å². The van der Waals surface area contributed by atoms with Crippen LogP contribution in [0, 0.1) is 0 Å². The van der Waals surface area contributed by atoms with Gasteiger partial charge in [0.05, 0.1) is 1.37 Å². The molecule has 0 aromatic heterocycles. The summed E-state index contributed by atoms with van der Waals surface area (Å²) in [4.78, 5) is 0. The van der Waals surface area contributed by atoms with Gasteiger partial charge in [0, 0.05) is 39.6 Å². The van der Waals surface area contributed by atoms with Gasteiger partial charge in [-0.15, -0.1) is 0 Å². The highest BCUT2D eigenvalue weighted by Crippen LogP contribution is 2.17. The molecule has 0 saturated carbocycles. The molecule has 0 aliphatic carbocycles. The van der Waals surface area contributed by atoms with Crippen molar-refractivity contribution in [2.45, 2.75) is 41.5 Å². The summed E-state index contributed by atoms with van der Waals surface area (Å²) in [5.41, 5.74) is 1.72. The van der Waals surface area contributed by atoms with Crippen molar-refractivity contribution in [2.75, 3.05) is 39.6 Å². The molecule has 0 bridgehead atoms. The SMILES string of the molecule is [2H]C(=C[Si](OCC)(OCC)OCC)[Si](OCC)(OCC)OCC. The summed E-state index contributed by atoms with van der Waals surface area (Å²) in [5.74, 6) is 0. The van der Waals surface area contributed by atoms with E-state index in [4.69, 9.17) is 27.9 Å². The summed E-state index contributed by atoms with van der Waals surface area (Å²) in [6.07, 6.45) is 0. The van der Waals surface area contributed by atoms with Crippen LogP contribution in [0.3, 0.4) is 0 Å². The van der Waals surface area contributed by atoms with Crippen molar-refractivity contribution in [3.8, 4) is 0 Å². The van der Waals surface area contributed by atoms with Gasteiger partial charge in [-0.1, -0.05) is 0 Å². The van der Waals surface area contributed by atoms with Gasteiger partial charge >= 0.3 is 17.6 Å². The molecule has 0 aliphatic heterocycles. The van der Waals surface area contributed by atoms with Crippen LogP contribution in [0.1, 0.15) is 42.9 Å². The quantitative estimate of drug-likeness (QED) is 0.448. The lowest BCUT2D eigenvalue weighted by Crippen LogP contribution is -2.48. The lowest BCUT2D eigenvalue weighted by atomic mass is 10.9. The topological polar surface area (TPSA) is 55.4 Å². The maximum atomic E-state index is 8.52. The van der Waals surface area contributed by atoms with E-state index in [1.165, 1.54) is 0 Å². The minimum Gasteiger partial charge on any atom is -0.371 e. The third-order valence-corrected chi connectivity index (χ3v) is 7.83. The fourth-order valence-electron chi connectivity index (χ4n) is 1.85. The second-order valence-corrected chi connectivity index (χ2v) is 8.68. The van der Waals surface area contributed by atoms with Crippen LogP contribution in [0.2, 0.25) is 0 Å². The average Bonchev–Trinajstić information content (AvgIpc) is 2.48. The Morgan fingerprint density at radius 3 is 1.14 bits per heavy atom. The molecule has 0 atom stereocenters. The van der Waals surface area contributed by atoms with Gasteiger partial charge in [-0.3, -0.25) is 0 Å². The highest BCUT2D eigenvalue weighted by molar-refractivity contribution is 6.72. The minimum atomic E-state index is -3.27. The van der Waals surface area contributed by atoms with Crippen molar-refractivity contribution in [3.63, 3.8) is 0 Å². The third-order valence-electron chi connectivity index (χ3n) is 2.47. The van der Waals surface area contributed by atoms with Gasteiger partial charge in [-0.2, -0.15) is 0 Å². The predicted molar refractivity (Wildman–Crippen MR) is 90.4 cm³/mol. The van der Waals surface area contributed by atoms with Gasteiger partial charge < -0.3 is 26.6 Å². The average molecular weight is 354 g/mol. The van der Waals surface area contributed by atoms with Crippen molar-refractivity contribution in [2.24, 2.45) is 0 Å². The molecular formula is C14H32O6Si2. The van der Waals surface area contributed by atoms with Crippen LogP contribution in [0.15, 0.2) is 11.4 Å². The fourth-order valence-corrected chi connectivity index (χ4v) is 6.61. The van der Waals surface area contributed by atoms with E-state index in [-0.39, 0.29) is 5.68 Å². The molecule has 8 heteroatoms. The van der Waals surface area contributed by atoms with Crippen LogP contribution in [0.4, 0.5) is 0 Å². The zero-order valence-electron chi connectivity index (χ0n) is 15.8. The van der Waals surface area contributed by atoms with Crippen LogP contribution in [-0.4, -0.2) is 57.3 Å². The molecule has 0 amide bonds. The Kier molecular flexibility index (Phi) is 11.2. The third kappa shape index (κ3) is 7.47. The molecule has 0 heterocycles. The molecular weight excluding hydrogens is 320 g/mol. The first-order valence-corrected chi connectivity index (χ1v) is 11.6. The van der Waals surface area contributed by atoms with Gasteiger partial charge in [0.15, 0.2) is 0 Å². The summed E-state index contributed by atoms with van der Waals surface area (Å²) >= 11 is 0. The number of hydrogen-bond donors (Lipinski definition) is 0. The van der Waals surface area contributed by atoms with E-state index in [1.807, 2.05) is 41.5 Å². The van der Waals surface area contributed by atoms with Crippen LogP contribution in [-0.2, 0) is 26.6 Å². The summed E-state index contributed by atoms with van der Waals surface area (Å²) in [7, 11) is -6.38. The maximum absolute atomic E-state index is 8.52. The molecule has 0 aromatic rings. The zero-order valence-corrected chi connectivity index (χ0v) is 16.8. The van der Waals surface area contributed by atoms with Crippen molar-refractivity contribution in [3.05, 3.63) is 11.4 Å². The lowest BCUT2D eigenvalue weighted by Gasteiger charge is -2.28. The van der Waals surface area contributed by atoms with E-state index in [0.717, 1.165) is 0 Å². The highest BCUT2D eigenvalue weighted by atomic mass is 28.4. The van der Waals surface area contributed by atoms with Crippen LogP contribution >= 0.6 is 0 Å².